The minimum atomic E-state index is 0.564. The first kappa shape index (κ1) is 15.3. The zero-order chi connectivity index (χ0) is 15.4. The largest absolute Gasteiger partial charge is 0.495 e. The number of nitrogen functional groups attached to an aromatic ring is 1. The van der Waals surface area contributed by atoms with E-state index in [0.717, 1.165) is 21.6 Å². The van der Waals surface area contributed by atoms with Gasteiger partial charge in [-0.15, -0.1) is 0 Å². The normalized spacial score (nSPS) is 10.1. The molecule has 5 nitrogen and oxygen atoms in total. The van der Waals surface area contributed by atoms with Gasteiger partial charge in [0.2, 0.25) is 0 Å². The van der Waals surface area contributed by atoms with Gasteiger partial charge in [-0.05, 0) is 28.1 Å². The molecule has 2 rings (SSSR count). The third-order valence-electron chi connectivity index (χ3n) is 2.99. The van der Waals surface area contributed by atoms with Crippen LogP contribution in [0.15, 0.2) is 34.8 Å². The molecule has 0 aliphatic heterocycles. The molecule has 0 fully saturated rings. The van der Waals surface area contributed by atoms with Crippen LogP contribution in [0.4, 0.5) is 17.1 Å². The van der Waals surface area contributed by atoms with E-state index in [2.05, 4.69) is 21.2 Å². The Bertz CT molecular complexity index is 647. The first-order valence-electron chi connectivity index (χ1n) is 6.21. The number of nitrogens with two attached hydrogens (primary N) is 1. The van der Waals surface area contributed by atoms with Crippen molar-refractivity contribution in [3.63, 3.8) is 0 Å². The average molecular weight is 353 g/mol. The van der Waals surface area contributed by atoms with Crippen LogP contribution in [0.2, 0.25) is 0 Å². The fraction of sp³-hybridized carbons (Fsp3) is 0.200. The molecule has 0 atom stereocenters. The quantitative estimate of drug-likeness (QED) is 0.801. The lowest BCUT2D eigenvalue weighted by Crippen LogP contribution is -1.99. The van der Waals surface area contributed by atoms with Gasteiger partial charge in [0.15, 0.2) is 11.5 Å². The Morgan fingerprint density at radius 2 is 1.52 bits per heavy atom. The van der Waals surface area contributed by atoms with Crippen LogP contribution in [0.1, 0.15) is 0 Å². The lowest BCUT2D eigenvalue weighted by Gasteiger charge is -2.15. The van der Waals surface area contributed by atoms with E-state index < -0.39 is 0 Å². The van der Waals surface area contributed by atoms with Crippen molar-refractivity contribution in [1.29, 1.82) is 0 Å². The standard InChI is InChI=1S/C15H17BrN2O3/c1-19-13-6-9(4-5-10(13)16)18-12-8-15(21-3)14(20-2)7-11(12)17/h4-8,18H,17H2,1-3H3. The molecule has 0 heterocycles. The molecule has 0 bridgehead atoms. The summed E-state index contributed by atoms with van der Waals surface area (Å²) >= 11 is 3.42. The number of rotatable bonds is 5. The summed E-state index contributed by atoms with van der Waals surface area (Å²) in [6.07, 6.45) is 0. The van der Waals surface area contributed by atoms with Crippen LogP contribution in [-0.2, 0) is 0 Å². The number of ether oxygens (including phenoxy) is 3. The Morgan fingerprint density at radius 1 is 0.905 bits per heavy atom. The van der Waals surface area contributed by atoms with E-state index in [1.807, 2.05) is 18.2 Å². The Hall–Kier alpha value is -2.08. The van der Waals surface area contributed by atoms with Gasteiger partial charge in [-0.25, -0.2) is 0 Å². The van der Waals surface area contributed by atoms with Crippen molar-refractivity contribution in [2.45, 2.75) is 0 Å². The summed E-state index contributed by atoms with van der Waals surface area (Å²) in [6.45, 7) is 0. The molecule has 0 aliphatic rings. The van der Waals surface area contributed by atoms with Crippen LogP contribution < -0.4 is 25.3 Å². The third-order valence-corrected chi connectivity index (χ3v) is 3.64. The molecule has 6 heteroatoms. The second kappa shape index (κ2) is 6.58. The maximum absolute atomic E-state index is 6.03. The van der Waals surface area contributed by atoms with Crippen molar-refractivity contribution in [2.75, 3.05) is 32.4 Å². The van der Waals surface area contributed by atoms with E-state index >= 15 is 0 Å². The van der Waals surface area contributed by atoms with Gasteiger partial charge in [-0.3, -0.25) is 0 Å². The molecule has 0 saturated heterocycles. The van der Waals surface area contributed by atoms with Crippen molar-refractivity contribution in [2.24, 2.45) is 0 Å². The number of methoxy groups -OCH3 is 3. The van der Waals surface area contributed by atoms with Crippen molar-refractivity contribution in [1.82, 2.24) is 0 Å². The highest BCUT2D eigenvalue weighted by Crippen LogP contribution is 2.37. The van der Waals surface area contributed by atoms with Crippen molar-refractivity contribution < 1.29 is 14.2 Å². The molecule has 0 amide bonds. The van der Waals surface area contributed by atoms with Crippen molar-refractivity contribution in [3.05, 3.63) is 34.8 Å². The first-order valence-corrected chi connectivity index (χ1v) is 7.00. The third kappa shape index (κ3) is 3.33. The van der Waals surface area contributed by atoms with Gasteiger partial charge in [0.25, 0.3) is 0 Å². The summed E-state index contributed by atoms with van der Waals surface area (Å²) in [6, 6.07) is 9.21. The van der Waals surface area contributed by atoms with Crippen LogP contribution in [-0.4, -0.2) is 21.3 Å². The summed E-state index contributed by atoms with van der Waals surface area (Å²) in [4.78, 5) is 0. The van der Waals surface area contributed by atoms with E-state index in [4.69, 9.17) is 19.9 Å². The fourth-order valence-electron chi connectivity index (χ4n) is 1.90. The molecule has 0 spiro atoms. The highest BCUT2D eigenvalue weighted by molar-refractivity contribution is 9.10. The van der Waals surface area contributed by atoms with E-state index in [1.165, 1.54) is 0 Å². The molecule has 112 valence electrons. The SMILES string of the molecule is COc1cc(Nc2cc(OC)c(OC)cc2N)ccc1Br. The maximum Gasteiger partial charge on any atom is 0.162 e. The lowest BCUT2D eigenvalue weighted by atomic mass is 10.2. The van der Waals surface area contributed by atoms with Gasteiger partial charge in [-0.1, -0.05) is 0 Å². The first-order chi connectivity index (χ1) is 10.1. The molecular weight excluding hydrogens is 336 g/mol. The summed E-state index contributed by atoms with van der Waals surface area (Å²) in [5.41, 5.74) is 8.18. The molecular formula is C15H17BrN2O3. The number of hydrogen-bond acceptors (Lipinski definition) is 5. The molecule has 21 heavy (non-hydrogen) atoms. The van der Waals surface area contributed by atoms with Gasteiger partial charge in [0.05, 0.1) is 37.2 Å². The predicted octanol–water partition coefficient (Wildman–Crippen LogP) is 3.80. The predicted molar refractivity (Wildman–Crippen MR) is 87.9 cm³/mol. The van der Waals surface area contributed by atoms with E-state index in [0.29, 0.717) is 17.2 Å². The van der Waals surface area contributed by atoms with Crippen LogP contribution in [0.3, 0.4) is 0 Å². The highest BCUT2D eigenvalue weighted by Gasteiger charge is 2.10. The van der Waals surface area contributed by atoms with E-state index in [1.54, 1.807) is 33.5 Å². The highest BCUT2D eigenvalue weighted by atomic mass is 79.9. The Balaban J connectivity index is 2.35. The number of anilines is 3. The monoisotopic (exact) mass is 352 g/mol. The number of halogens is 1. The number of hydrogen-bond donors (Lipinski definition) is 2. The number of nitrogens with one attached hydrogen (secondary N) is 1. The molecule has 3 N–H and O–H groups in total. The van der Waals surface area contributed by atoms with E-state index in [-0.39, 0.29) is 0 Å². The fourth-order valence-corrected chi connectivity index (χ4v) is 2.30. The molecule has 0 aromatic heterocycles. The molecule has 0 unspecified atom stereocenters. The second-order valence-corrected chi connectivity index (χ2v) is 5.12. The maximum atomic E-state index is 6.03. The van der Waals surface area contributed by atoms with Crippen molar-refractivity contribution >= 4 is 33.0 Å². The topological polar surface area (TPSA) is 65.7 Å². The summed E-state index contributed by atoms with van der Waals surface area (Å²) in [5.74, 6) is 1.94. The zero-order valence-electron chi connectivity index (χ0n) is 12.1. The summed E-state index contributed by atoms with van der Waals surface area (Å²) in [5, 5.41) is 3.24. The Kier molecular flexibility index (Phi) is 4.80. The second-order valence-electron chi connectivity index (χ2n) is 4.27. The van der Waals surface area contributed by atoms with E-state index in [9.17, 15) is 0 Å². The molecule has 0 radical (unpaired) electrons. The Labute approximate surface area is 132 Å². The van der Waals surface area contributed by atoms with Gasteiger partial charge < -0.3 is 25.3 Å². The van der Waals surface area contributed by atoms with Crippen LogP contribution >= 0.6 is 15.9 Å². The minimum absolute atomic E-state index is 0.564. The average Bonchev–Trinajstić information content (AvgIpc) is 2.50. The minimum Gasteiger partial charge on any atom is -0.495 e. The van der Waals surface area contributed by atoms with Gasteiger partial charge in [-0.2, -0.15) is 0 Å². The van der Waals surface area contributed by atoms with Gasteiger partial charge >= 0.3 is 0 Å². The van der Waals surface area contributed by atoms with Crippen LogP contribution in [0.25, 0.3) is 0 Å². The summed E-state index contributed by atoms with van der Waals surface area (Å²) < 4.78 is 16.7. The molecule has 2 aromatic carbocycles. The molecule has 0 aliphatic carbocycles. The molecule has 2 aromatic rings. The van der Waals surface area contributed by atoms with Crippen LogP contribution in [0, 0.1) is 0 Å². The van der Waals surface area contributed by atoms with Crippen LogP contribution in [0.5, 0.6) is 17.2 Å². The summed E-state index contributed by atoms with van der Waals surface area (Å²) in [7, 11) is 4.78. The smallest absolute Gasteiger partial charge is 0.162 e. The van der Waals surface area contributed by atoms with Gasteiger partial charge in [0.1, 0.15) is 5.75 Å². The molecule has 0 saturated carbocycles. The lowest BCUT2D eigenvalue weighted by molar-refractivity contribution is 0.355. The van der Waals surface area contributed by atoms with Crippen molar-refractivity contribution in [3.8, 4) is 17.2 Å². The van der Waals surface area contributed by atoms with Gasteiger partial charge in [0, 0.05) is 23.9 Å². The zero-order valence-corrected chi connectivity index (χ0v) is 13.7. The number of benzene rings is 2. The Morgan fingerprint density at radius 3 is 2.14 bits per heavy atom.